The average Bonchev–Trinajstić information content (AvgIpc) is 2.06. The van der Waals surface area contributed by atoms with Gasteiger partial charge in [0.1, 0.15) is 0 Å². The second-order valence-corrected chi connectivity index (χ2v) is 3.72. The molecule has 0 spiro atoms. The molecular formula is C11H19N. The fourth-order valence-electron chi connectivity index (χ4n) is 1.75. The normalized spacial score (nSPS) is 23.5. The number of allylic oxidation sites excluding steroid dienone is 2. The van der Waals surface area contributed by atoms with Gasteiger partial charge in [0, 0.05) is 0 Å². The van der Waals surface area contributed by atoms with Gasteiger partial charge in [0.05, 0.1) is 0 Å². The van der Waals surface area contributed by atoms with Crippen LogP contribution in [0.1, 0.15) is 32.6 Å². The molecule has 2 N–H and O–H groups in total. The minimum Gasteiger partial charge on any atom is -0.330 e. The summed E-state index contributed by atoms with van der Waals surface area (Å²) in [7, 11) is 0. The van der Waals surface area contributed by atoms with Crippen molar-refractivity contribution in [3.05, 3.63) is 23.8 Å². The van der Waals surface area contributed by atoms with Gasteiger partial charge >= 0.3 is 0 Å². The maximum absolute atomic E-state index is 5.50. The Morgan fingerprint density at radius 3 is 2.92 bits per heavy atom. The minimum atomic E-state index is 0.728. The Morgan fingerprint density at radius 2 is 2.50 bits per heavy atom. The fourth-order valence-corrected chi connectivity index (χ4v) is 1.75. The second kappa shape index (κ2) is 4.46. The Labute approximate surface area is 75.3 Å². The summed E-state index contributed by atoms with van der Waals surface area (Å²) in [6.45, 7) is 6.92. The summed E-state index contributed by atoms with van der Waals surface area (Å²) in [5.41, 5.74) is 8.38. The Hall–Kier alpha value is -0.560. The van der Waals surface area contributed by atoms with E-state index in [4.69, 9.17) is 5.73 Å². The zero-order chi connectivity index (χ0) is 8.97. The van der Waals surface area contributed by atoms with E-state index in [0.29, 0.717) is 0 Å². The Balaban J connectivity index is 2.42. The summed E-state index contributed by atoms with van der Waals surface area (Å²) in [5.74, 6) is 0.728. The second-order valence-electron chi connectivity index (χ2n) is 3.72. The molecule has 0 saturated heterocycles. The molecule has 0 aromatic carbocycles. The molecule has 1 aliphatic rings. The Bertz CT molecular complexity index is 191. The molecule has 0 unspecified atom stereocenters. The number of hydrogen-bond acceptors (Lipinski definition) is 1. The van der Waals surface area contributed by atoms with E-state index in [1.54, 1.807) is 5.57 Å². The van der Waals surface area contributed by atoms with E-state index in [1.807, 2.05) is 0 Å². The van der Waals surface area contributed by atoms with Crippen LogP contribution in [0.5, 0.6) is 0 Å². The SMILES string of the molecule is C=C(C)[C@@H]1CC=C(CCN)CC1. The van der Waals surface area contributed by atoms with Gasteiger partial charge in [0.15, 0.2) is 0 Å². The van der Waals surface area contributed by atoms with Crippen LogP contribution in [-0.4, -0.2) is 6.54 Å². The maximum Gasteiger partial charge on any atom is -0.00399 e. The highest BCUT2D eigenvalue weighted by Gasteiger charge is 2.13. The van der Waals surface area contributed by atoms with Crippen LogP contribution in [0.25, 0.3) is 0 Å². The molecule has 0 radical (unpaired) electrons. The van der Waals surface area contributed by atoms with Gasteiger partial charge in [0.2, 0.25) is 0 Å². The summed E-state index contributed by atoms with van der Waals surface area (Å²) in [6, 6.07) is 0. The highest BCUT2D eigenvalue weighted by molar-refractivity contribution is 5.12. The van der Waals surface area contributed by atoms with Crippen molar-refractivity contribution in [3.63, 3.8) is 0 Å². The van der Waals surface area contributed by atoms with Gasteiger partial charge in [-0.1, -0.05) is 23.8 Å². The lowest BCUT2D eigenvalue weighted by molar-refractivity contribution is 0.532. The minimum absolute atomic E-state index is 0.728. The van der Waals surface area contributed by atoms with Crippen molar-refractivity contribution < 1.29 is 0 Å². The Kier molecular flexibility index (Phi) is 3.54. The van der Waals surface area contributed by atoms with Crippen molar-refractivity contribution in [1.29, 1.82) is 0 Å². The first kappa shape index (κ1) is 9.53. The first-order valence-electron chi connectivity index (χ1n) is 4.77. The van der Waals surface area contributed by atoms with Crippen LogP contribution in [0, 0.1) is 5.92 Å². The van der Waals surface area contributed by atoms with Gasteiger partial charge in [-0.15, -0.1) is 0 Å². The predicted octanol–water partition coefficient (Wildman–Crippen LogP) is 2.64. The third-order valence-corrected chi connectivity index (χ3v) is 2.67. The molecular weight excluding hydrogens is 146 g/mol. The van der Waals surface area contributed by atoms with Crippen LogP contribution < -0.4 is 5.73 Å². The first-order valence-corrected chi connectivity index (χ1v) is 4.77. The zero-order valence-corrected chi connectivity index (χ0v) is 7.97. The highest BCUT2D eigenvalue weighted by Crippen LogP contribution is 2.28. The van der Waals surface area contributed by atoms with Crippen molar-refractivity contribution in [2.75, 3.05) is 6.54 Å². The summed E-state index contributed by atoms with van der Waals surface area (Å²) in [5, 5.41) is 0. The summed E-state index contributed by atoms with van der Waals surface area (Å²) in [6.07, 6.45) is 7.14. The molecule has 1 aliphatic carbocycles. The first-order chi connectivity index (χ1) is 5.74. The molecule has 0 aromatic heterocycles. The molecule has 0 amide bonds. The van der Waals surface area contributed by atoms with E-state index in [2.05, 4.69) is 19.6 Å². The Morgan fingerprint density at radius 1 is 1.75 bits per heavy atom. The third kappa shape index (κ3) is 2.49. The zero-order valence-electron chi connectivity index (χ0n) is 7.97. The van der Waals surface area contributed by atoms with Crippen LogP contribution in [0.3, 0.4) is 0 Å². The van der Waals surface area contributed by atoms with Crippen molar-refractivity contribution in [2.45, 2.75) is 32.6 Å². The van der Waals surface area contributed by atoms with Gasteiger partial charge in [0.25, 0.3) is 0 Å². The van der Waals surface area contributed by atoms with Gasteiger partial charge in [-0.05, 0) is 45.1 Å². The third-order valence-electron chi connectivity index (χ3n) is 2.67. The molecule has 0 heterocycles. The van der Waals surface area contributed by atoms with E-state index in [9.17, 15) is 0 Å². The number of rotatable bonds is 3. The average molecular weight is 165 g/mol. The van der Waals surface area contributed by atoms with E-state index < -0.39 is 0 Å². The fraction of sp³-hybridized carbons (Fsp3) is 0.636. The predicted molar refractivity (Wildman–Crippen MR) is 53.9 cm³/mol. The molecule has 12 heavy (non-hydrogen) atoms. The molecule has 1 heteroatoms. The summed E-state index contributed by atoms with van der Waals surface area (Å²) in [4.78, 5) is 0. The molecule has 0 aromatic rings. The van der Waals surface area contributed by atoms with Crippen LogP contribution in [0.15, 0.2) is 23.8 Å². The monoisotopic (exact) mass is 165 g/mol. The number of hydrogen-bond donors (Lipinski definition) is 1. The maximum atomic E-state index is 5.50. The quantitative estimate of drug-likeness (QED) is 0.639. The summed E-state index contributed by atoms with van der Waals surface area (Å²) >= 11 is 0. The molecule has 1 nitrogen and oxygen atoms in total. The molecule has 1 rings (SSSR count). The van der Waals surface area contributed by atoms with Crippen molar-refractivity contribution in [1.82, 2.24) is 0 Å². The molecule has 0 bridgehead atoms. The highest BCUT2D eigenvalue weighted by atomic mass is 14.5. The summed E-state index contributed by atoms with van der Waals surface area (Å²) < 4.78 is 0. The van der Waals surface area contributed by atoms with E-state index in [-0.39, 0.29) is 0 Å². The molecule has 0 saturated carbocycles. The van der Waals surface area contributed by atoms with Gasteiger partial charge in [-0.2, -0.15) is 0 Å². The lowest BCUT2D eigenvalue weighted by Gasteiger charge is -2.21. The van der Waals surface area contributed by atoms with Crippen LogP contribution in [0.4, 0.5) is 0 Å². The van der Waals surface area contributed by atoms with Gasteiger partial charge in [-0.25, -0.2) is 0 Å². The lowest BCUT2D eigenvalue weighted by Crippen LogP contribution is -2.09. The van der Waals surface area contributed by atoms with Gasteiger partial charge in [-0.3, -0.25) is 0 Å². The number of nitrogens with two attached hydrogens (primary N) is 1. The molecule has 0 fully saturated rings. The molecule has 1 atom stereocenters. The van der Waals surface area contributed by atoms with E-state index in [1.165, 1.54) is 24.8 Å². The molecule has 68 valence electrons. The standard InChI is InChI=1S/C11H19N/c1-9(2)11-5-3-10(4-6-11)7-8-12/h3,11H,1,4-8,12H2,2H3/t11-/m1/s1. The molecule has 0 aliphatic heterocycles. The van der Waals surface area contributed by atoms with Crippen molar-refractivity contribution >= 4 is 0 Å². The van der Waals surface area contributed by atoms with Gasteiger partial charge < -0.3 is 5.73 Å². The van der Waals surface area contributed by atoms with Crippen LogP contribution in [-0.2, 0) is 0 Å². The van der Waals surface area contributed by atoms with Crippen LogP contribution in [0.2, 0.25) is 0 Å². The van der Waals surface area contributed by atoms with E-state index in [0.717, 1.165) is 18.9 Å². The topological polar surface area (TPSA) is 26.0 Å². The smallest absolute Gasteiger partial charge is 0.00399 e. The van der Waals surface area contributed by atoms with Crippen molar-refractivity contribution in [2.24, 2.45) is 11.7 Å². The largest absolute Gasteiger partial charge is 0.330 e. The van der Waals surface area contributed by atoms with Crippen LogP contribution >= 0.6 is 0 Å². The van der Waals surface area contributed by atoms with E-state index >= 15 is 0 Å². The van der Waals surface area contributed by atoms with Crippen molar-refractivity contribution in [3.8, 4) is 0 Å². The lowest BCUT2D eigenvalue weighted by atomic mass is 9.85.